The zero-order valence-electron chi connectivity index (χ0n) is 7.86. The molecule has 0 aromatic rings. The van der Waals surface area contributed by atoms with Gasteiger partial charge in [-0.15, -0.1) is 0 Å². The molecule has 1 spiro atoms. The SMILES string of the molecule is COC(=O)C1OC12CCS(=O)(=O)CC2. The van der Waals surface area contributed by atoms with E-state index in [1.54, 1.807) is 0 Å². The second kappa shape index (κ2) is 2.93. The summed E-state index contributed by atoms with van der Waals surface area (Å²) in [5, 5.41) is 0. The lowest BCUT2D eigenvalue weighted by atomic mass is 9.98. The third-order valence-corrected chi connectivity index (χ3v) is 4.51. The fourth-order valence-electron chi connectivity index (χ4n) is 1.83. The molecule has 2 rings (SSSR count). The van der Waals surface area contributed by atoms with Gasteiger partial charge in [0.25, 0.3) is 0 Å². The quantitative estimate of drug-likeness (QED) is 0.440. The summed E-state index contributed by atoms with van der Waals surface area (Å²) in [6.07, 6.45) is 0.285. The van der Waals surface area contributed by atoms with Crippen LogP contribution in [-0.4, -0.2) is 44.7 Å². The van der Waals surface area contributed by atoms with Crippen LogP contribution in [0.25, 0.3) is 0 Å². The number of methoxy groups -OCH3 is 1. The van der Waals surface area contributed by atoms with Gasteiger partial charge in [-0.05, 0) is 12.8 Å². The van der Waals surface area contributed by atoms with E-state index in [0.717, 1.165) is 0 Å². The van der Waals surface area contributed by atoms with Crippen LogP contribution in [0.5, 0.6) is 0 Å². The van der Waals surface area contributed by atoms with Crippen molar-refractivity contribution in [2.75, 3.05) is 18.6 Å². The molecule has 2 saturated heterocycles. The van der Waals surface area contributed by atoms with Gasteiger partial charge in [-0.3, -0.25) is 0 Å². The third kappa shape index (κ3) is 1.52. The monoisotopic (exact) mass is 220 g/mol. The number of hydrogen-bond donors (Lipinski definition) is 0. The van der Waals surface area contributed by atoms with Crippen molar-refractivity contribution in [3.63, 3.8) is 0 Å². The van der Waals surface area contributed by atoms with E-state index in [1.807, 2.05) is 0 Å². The van der Waals surface area contributed by atoms with Crippen LogP contribution in [0.3, 0.4) is 0 Å². The van der Waals surface area contributed by atoms with Gasteiger partial charge in [0, 0.05) is 0 Å². The zero-order chi connectivity index (χ0) is 10.4. The molecule has 0 aliphatic carbocycles. The Balaban J connectivity index is 2.01. The van der Waals surface area contributed by atoms with Gasteiger partial charge in [-0.2, -0.15) is 0 Å². The zero-order valence-corrected chi connectivity index (χ0v) is 8.67. The van der Waals surface area contributed by atoms with Crippen LogP contribution in [-0.2, 0) is 24.1 Å². The summed E-state index contributed by atoms with van der Waals surface area (Å²) in [5.74, 6) is -0.176. The molecule has 0 bridgehead atoms. The highest BCUT2D eigenvalue weighted by Crippen LogP contribution is 2.46. The first-order valence-corrected chi connectivity index (χ1v) is 6.27. The molecule has 2 heterocycles. The highest BCUT2D eigenvalue weighted by atomic mass is 32.2. The molecule has 6 heteroatoms. The molecule has 0 amide bonds. The lowest BCUT2D eigenvalue weighted by Crippen LogP contribution is -2.33. The van der Waals surface area contributed by atoms with E-state index in [4.69, 9.17) is 4.74 Å². The molecule has 0 N–H and O–H groups in total. The maximum atomic E-state index is 11.1. The summed E-state index contributed by atoms with van der Waals surface area (Å²) in [6.45, 7) is 0. The van der Waals surface area contributed by atoms with Crippen molar-refractivity contribution in [1.29, 1.82) is 0 Å². The summed E-state index contributed by atoms with van der Waals surface area (Å²) >= 11 is 0. The van der Waals surface area contributed by atoms with Gasteiger partial charge >= 0.3 is 5.97 Å². The predicted molar refractivity (Wildman–Crippen MR) is 47.5 cm³/mol. The Bertz CT molecular complexity index is 344. The fourth-order valence-corrected chi connectivity index (χ4v) is 3.35. The van der Waals surface area contributed by atoms with E-state index in [2.05, 4.69) is 4.74 Å². The molecule has 1 atom stereocenters. The summed E-state index contributed by atoms with van der Waals surface area (Å²) < 4.78 is 32.1. The van der Waals surface area contributed by atoms with Gasteiger partial charge in [0.05, 0.1) is 18.6 Å². The number of carbonyl (C=O) groups excluding carboxylic acids is 1. The second-order valence-corrected chi connectivity index (χ2v) is 6.04. The summed E-state index contributed by atoms with van der Waals surface area (Å²) in [6, 6.07) is 0. The molecular formula is C8H12O5S. The highest BCUT2D eigenvalue weighted by molar-refractivity contribution is 7.91. The minimum atomic E-state index is -2.90. The number of carbonyl (C=O) groups is 1. The third-order valence-electron chi connectivity index (χ3n) is 2.86. The Hall–Kier alpha value is -0.620. The van der Waals surface area contributed by atoms with Crippen molar-refractivity contribution in [2.24, 2.45) is 0 Å². The molecule has 5 nitrogen and oxygen atoms in total. The smallest absolute Gasteiger partial charge is 0.338 e. The standard InChI is InChI=1S/C8H12O5S/c1-12-7(9)6-8(13-6)2-4-14(10,11)5-3-8/h6H,2-5H2,1H3. The van der Waals surface area contributed by atoms with Crippen molar-refractivity contribution in [2.45, 2.75) is 24.5 Å². The average molecular weight is 220 g/mol. The Labute approximate surface area is 82.3 Å². The molecule has 2 aliphatic rings. The van der Waals surface area contributed by atoms with Crippen LogP contribution in [0, 0.1) is 0 Å². The Morgan fingerprint density at radius 2 is 2.00 bits per heavy atom. The van der Waals surface area contributed by atoms with Gasteiger partial charge in [0.15, 0.2) is 15.9 Å². The average Bonchev–Trinajstić information content (AvgIpc) is 2.85. The molecule has 14 heavy (non-hydrogen) atoms. The molecule has 0 aromatic carbocycles. The van der Waals surface area contributed by atoms with Crippen LogP contribution in [0.15, 0.2) is 0 Å². The second-order valence-electron chi connectivity index (χ2n) is 3.74. The van der Waals surface area contributed by atoms with Gasteiger partial charge in [0.1, 0.15) is 5.60 Å². The van der Waals surface area contributed by atoms with Crippen LogP contribution in [0.1, 0.15) is 12.8 Å². The normalized spacial score (nSPS) is 32.5. The van der Waals surface area contributed by atoms with Crippen molar-refractivity contribution in [1.82, 2.24) is 0 Å². The summed E-state index contributed by atoms with van der Waals surface area (Å²) in [5.41, 5.74) is -0.529. The fraction of sp³-hybridized carbons (Fsp3) is 0.875. The summed E-state index contributed by atoms with van der Waals surface area (Å²) in [4.78, 5) is 11.1. The Morgan fingerprint density at radius 3 is 2.50 bits per heavy atom. The number of ether oxygens (including phenoxy) is 2. The first-order valence-electron chi connectivity index (χ1n) is 4.45. The van der Waals surface area contributed by atoms with E-state index < -0.39 is 27.5 Å². The first-order chi connectivity index (χ1) is 6.49. The van der Waals surface area contributed by atoms with Crippen LogP contribution in [0.4, 0.5) is 0 Å². The molecule has 0 radical (unpaired) electrons. The Kier molecular flexibility index (Phi) is 2.08. The maximum absolute atomic E-state index is 11.1. The van der Waals surface area contributed by atoms with Gasteiger partial charge in [0.2, 0.25) is 0 Å². The van der Waals surface area contributed by atoms with E-state index in [9.17, 15) is 13.2 Å². The summed E-state index contributed by atoms with van der Waals surface area (Å²) in [7, 11) is -1.60. The van der Waals surface area contributed by atoms with E-state index in [-0.39, 0.29) is 11.5 Å². The number of rotatable bonds is 1. The molecule has 80 valence electrons. The first kappa shape index (κ1) is 9.92. The van der Waals surface area contributed by atoms with E-state index in [0.29, 0.717) is 12.8 Å². The largest absolute Gasteiger partial charge is 0.467 e. The highest BCUT2D eigenvalue weighted by Gasteiger charge is 2.62. The number of epoxide rings is 1. The lowest BCUT2D eigenvalue weighted by molar-refractivity contribution is -0.142. The number of sulfone groups is 1. The lowest BCUT2D eigenvalue weighted by Gasteiger charge is -2.18. The van der Waals surface area contributed by atoms with Crippen molar-refractivity contribution >= 4 is 15.8 Å². The van der Waals surface area contributed by atoms with Crippen LogP contribution < -0.4 is 0 Å². The van der Waals surface area contributed by atoms with Gasteiger partial charge in [-0.25, -0.2) is 13.2 Å². The Morgan fingerprint density at radius 1 is 1.43 bits per heavy atom. The minimum absolute atomic E-state index is 0.112. The van der Waals surface area contributed by atoms with E-state index in [1.165, 1.54) is 7.11 Å². The van der Waals surface area contributed by atoms with Crippen molar-refractivity contribution in [3.8, 4) is 0 Å². The number of hydrogen-bond acceptors (Lipinski definition) is 5. The van der Waals surface area contributed by atoms with Crippen molar-refractivity contribution in [3.05, 3.63) is 0 Å². The molecule has 0 saturated carbocycles. The molecule has 2 aliphatic heterocycles. The van der Waals surface area contributed by atoms with Crippen molar-refractivity contribution < 1.29 is 22.7 Å². The van der Waals surface area contributed by atoms with E-state index >= 15 is 0 Å². The van der Waals surface area contributed by atoms with Gasteiger partial charge in [-0.1, -0.05) is 0 Å². The molecular weight excluding hydrogens is 208 g/mol. The molecule has 0 aromatic heterocycles. The molecule has 1 unspecified atom stereocenters. The van der Waals surface area contributed by atoms with Gasteiger partial charge < -0.3 is 9.47 Å². The molecule has 2 fully saturated rings. The van der Waals surface area contributed by atoms with Crippen LogP contribution >= 0.6 is 0 Å². The predicted octanol–water partition coefficient (Wildman–Crippen LogP) is -0.494. The minimum Gasteiger partial charge on any atom is -0.467 e. The topological polar surface area (TPSA) is 73.0 Å². The number of esters is 1. The maximum Gasteiger partial charge on any atom is 0.338 e. The van der Waals surface area contributed by atoms with Crippen LogP contribution in [0.2, 0.25) is 0 Å².